The van der Waals surface area contributed by atoms with Crippen LogP contribution in [0.25, 0.3) is 10.9 Å². The molecule has 1 aromatic carbocycles. The maximum absolute atomic E-state index is 5.67. The smallest absolute Gasteiger partial charge is 0.132 e. The van der Waals surface area contributed by atoms with Crippen molar-refractivity contribution in [3.05, 3.63) is 59.7 Å². The monoisotopic (exact) mass is 294 g/mol. The molecule has 3 aromatic rings. The molecule has 112 valence electrons. The van der Waals surface area contributed by atoms with Crippen LogP contribution in [0.5, 0.6) is 0 Å². The topological polar surface area (TPSA) is 47.3 Å². The molecule has 4 heteroatoms. The van der Waals surface area contributed by atoms with Crippen LogP contribution in [-0.2, 0) is 24.3 Å². The number of aryl methyl sites for hydroxylation is 1. The molecule has 0 bridgehead atoms. The number of benzene rings is 1. The van der Waals surface area contributed by atoms with Crippen molar-refractivity contribution in [2.75, 3.05) is 5.48 Å². The van der Waals surface area contributed by atoms with Crippen molar-refractivity contribution in [2.24, 2.45) is 0 Å². The predicted octanol–water partition coefficient (Wildman–Crippen LogP) is 4.25. The van der Waals surface area contributed by atoms with Crippen LogP contribution in [0.15, 0.2) is 47.1 Å². The second kappa shape index (κ2) is 5.81. The van der Waals surface area contributed by atoms with Crippen LogP contribution in [0, 0.1) is 0 Å². The van der Waals surface area contributed by atoms with Gasteiger partial charge in [0.1, 0.15) is 12.4 Å². The van der Waals surface area contributed by atoms with Crippen LogP contribution in [0.4, 0.5) is 5.69 Å². The van der Waals surface area contributed by atoms with Gasteiger partial charge >= 0.3 is 0 Å². The van der Waals surface area contributed by atoms with Gasteiger partial charge in [-0.15, -0.1) is 0 Å². The molecule has 0 unspecified atom stereocenters. The molecule has 4 nitrogen and oxygen atoms in total. The van der Waals surface area contributed by atoms with Gasteiger partial charge in [-0.05, 0) is 49.4 Å². The maximum atomic E-state index is 5.67. The van der Waals surface area contributed by atoms with Gasteiger partial charge in [0.05, 0.1) is 17.5 Å². The number of furan rings is 1. The van der Waals surface area contributed by atoms with E-state index >= 15 is 0 Å². The molecule has 22 heavy (non-hydrogen) atoms. The number of aromatic nitrogens is 1. The molecule has 0 saturated heterocycles. The summed E-state index contributed by atoms with van der Waals surface area (Å²) in [7, 11) is 0. The van der Waals surface area contributed by atoms with E-state index in [1.165, 1.54) is 24.1 Å². The molecule has 0 spiro atoms. The molecule has 2 aromatic heterocycles. The van der Waals surface area contributed by atoms with E-state index in [0.29, 0.717) is 6.61 Å². The minimum atomic E-state index is 0.401. The molecule has 0 radical (unpaired) electrons. The summed E-state index contributed by atoms with van der Waals surface area (Å²) in [6.45, 7) is 0.401. The number of nitrogens with one attached hydrogen (secondary N) is 1. The van der Waals surface area contributed by atoms with Gasteiger partial charge in [-0.25, -0.2) is 0 Å². The zero-order chi connectivity index (χ0) is 14.8. The van der Waals surface area contributed by atoms with Gasteiger partial charge < -0.3 is 4.42 Å². The number of para-hydroxylation sites is 1. The fraction of sp³-hybridized carbons (Fsp3) is 0.278. The van der Waals surface area contributed by atoms with Crippen LogP contribution in [-0.4, -0.2) is 4.98 Å². The second-order valence-electron chi connectivity index (χ2n) is 5.61. The first-order valence-electron chi connectivity index (χ1n) is 7.72. The molecule has 0 aliphatic heterocycles. The Balaban J connectivity index is 1.67. The normalized spacial score (nSPS) is 14.0. The summed E-state index contributed by atoms with van der Waals surface area (Å²) in [5.74, 6) is 0.805. The Morgan fingerprint density at radius 3 is 2.91 bits per heavy atom. The Bertz CT molecular complexity index is 781. The fourth-order valence-electron chi connectivity index (χ4n) is 3.06. The Labute approximate surface area is 129 Å². The molecular formula is C18H18N2O2. The van der Waals surface area contributed by atoms with Crippen LogP contribution in [0.3, 0.4) is 0 Å². The van der Waals surface area contributed by atoms with Crippen molar-refractivity contribution in [3.63, 3.8) is 0 Å². The molecule has 4 rings (SSSR count). The Morgan fingerprint density at radius 2 is 2.00 bits per heavy atom. The Kier molecular flexibility index (Phi) is 3.52. The molecule has 2 heterocycles. The van der Waals surface area contributed by atoms with Crippen molar-refractivity contribution < 1.29 is 9.25 Å². The van der Waals surface area contributed by atoms with Crippen molar-refractivity contribution >= 4 is 16.6 Å². The van der Waals surface area contributed by atoms with Gasteiger partial charge in [0.15, 0.2) is 0 Å². The molecule has 1 aliphatic rings. The third-order valence-electron chi connectivity index (χ3n) is 4.14. The third kappa shape index (κ3) is 2.46. The van der Waals surface area contributed by atoms with E-state index in [1.54, 1.807) is 6.26 Å². The van der Waals surface area contributed by atoms with Crippen molar-refractivity contribution in [1.82, 2.24) is 4.98 Å². The minimum Gasteiger partial charge on any atom is -0.467 e. The number of rotatable bonds is 4. The molecule has 0 saturated carbocycles. The largest absolute Gasteiger partial charge is 0.467 e. The van der Waals surface area contributed by atoms with Gasteiger partial charge in [0, 0.05) is 11.1 Å². The third-order valence-corrected chi connectivity index (χ3v) is 4.14. The SMILES string of the molecule is c1coc(CONc2c3c(nc4ccccc24)CCCC3)c1. The number of nitrogens with zero attached hydrogens (tertiary/aromatic N) is 1. The van der Waals surface area contributed by atoms with E-state index in [4.69, 9.17) is 14.2 Å². The van der Waals surface area contributed by atoms with Gasteiger partial charge in [0.25, 0.3) is 0 Å². The van der Waals surface area contributed by atoms with Crippen LogP contribution < -0.4 is 5.48 Å². The first-order valence-corrected chi connectivity index (χ1v) is 7.72. The standard InChI is InChI=1S/C18H18N2O2/c1-3-9-16-14(7-1)18(15-8-2-4-10-17(15)19-16)20-22-12-13-6-5-11-21-13/h1,3,5-7,9,11H,2,4,8,10,12H2,(H,19,20). The summed E-state index contributed by atoms with van der Waals surface area (Å²) in [4.78, 5) is 10.5. The van der Waals surface area contributed by atoms with E-state index in [2.05, 4.69) is 17.6 Å². The van der Waals surface area contributed by atoms with Gasteiger partial charge in [-0.1, -0.05) is 18.2 Å². The lowest BCUT2D eigenvalue weighted by molar-refractivity contribution is 0.160. The molecular weight excluding hydrogens is 276 g/mol. The summed E-state index contributed by atoms with van der Waals surface area (Å²) in [5.41, 5.74) is 7.74. The van der Waals surface area contributed by atoms with Crippen molar-refractivity contribution in [3.8, 4) is 0 Å². The summed E-state index contributed by atoms with van der Waals surface area (Å²) >= 11 is 0. The number of pyridine rings is 1. The zero-order valence-corrected chi connectivity index (χ0v) is 12.3. The maximum Gasteiger partial charge on any atom is 0.132 e. The van der Waals surface area contributed by atoms with Crippen LogP contribution in [0.1, 0.15) is 29.9 Å². The number of hydrogen-bond donors (Lipinski definition) is 1. The van der Waals surface area contributed by atoms with Crippen LogP contribution in [0.2, 0.25) is 0 Å². The summed E-state index contributed by atoms with van der Waals surface area (Å²) in [6, 6.07) is 12.0. The molecule has 0 amide bonds. The highest BCUT2D eigenvalue weighted by Crippen LogP contribution is 2.33. The van der Waals surface area contributed by atoms with E-state index in [0.717, 1.165) is 35.2 Å². The molecule has 0 fully saturated rings. The van der Waals surface area contributed by atoms with Gasteiger partial charge in [-0.3, -0.25) is 15.3 Å². The quantitative estimate of drug-likeness (QED) is 0.731. The number of hydrogen-bond acceptors (Lipinski definition) is 4. The second-order valence-corrected chi connectivity index (χ2v) is 5.61. The first-order chi connectivity index (χ1) is 10.9. The predicted molar refractivity (Wildman–Crippen MR) is 85.5 cm³/mol. The Morgan fingerprint density at radius 1 is 1.09 bits per heavy atom. The summed E-state index contributed by atoms with van der Waals surface area (Å²) in [6.07, 6.45) is 6.18. The average molecular weight is 294 g/mol. The van der Waals surface area contributed by atoms with Gasteiger partial charge in [0.2, 0.25) is 0 Å². The molecule has 1 aliphatic carbocycles. The summed E-state index contributed by atoms with van der Waals surface area (Å²) in [5, 5.41) is 1.11. The van der Waals surface area contributed by atoms with Crippen molar-refractivity contribution in [2.45, 2.75) is 32.3 Å². The van der Waals surface area contributed by atoms with E-state index in [-0.39, 0.29) is 0 Å². The molecule has 1 N–H and O–H groups in total. The Hall–Kier alpha value is -2.33. The van der Waals surface area contributed by atoms with E-state index in [9.17, 15) is 0 Å². The fourth-order valence-corrected chi connectivity index (χ4v) is 3.06. The molecule has 0 atom stereocenters. The highest BCUT2D eigenvalue weighted by atomic mass is 16.6. The number of fused-ring (bicyclic) bond motifs is 2. The lowest BCUT2D eigenvalue weighted by Gasteiger charge is -2.21. The highest BCUT2D eigenvalue weighted by Gasteiger charge is 2.18. The minimum absolute atomic E-state index is 0.401. The average Bonchev–Trinajstić information content (AvgIpc) is 3.07. The van der Waals surface area contributed by atoms with E-state index < -0.39 is 0 Å². The first kappa shape index (κ1) is 13.3. The van der Waals surface area contributed by atoms with E-state index in [1.807, 2.05) is 24.3 Å². The lowest BCUT2D eigenvalue weighted by atomic mass is 9.93. The van der Waals surface area contributed by atoms with Crippen molar-refractivity contribution in [1.29, 1.82) is 0 Å². The number of anilines is 1. The highest BCUT2D eigenvalue weighted by molar-refractivity contribution is 5.93. The zero-order valence-electron chi connectivity index (χ0n) is 12.3. The van der Waals surface area contributed by atoms with Gasteiger partial charge in [-0.2, -0.15) is 0 Å². The summed E-state index contributed by atoms with van der Waals surface area (Å²) < 4.78 is 5.29. The van der Waals surface area contributed by atoms with Crippen LogP contribution >= 0.6 is 0 Å². The lowest BCUT2D eigenvalue weighted by Crippen LogP contribution is -2.11.